The molecule has 0 unspecified atom stereocenters. The number of hydrogen-bond acceptors (Lipinski definition) is 6. The number of aromatic nitrogens is 3. The van der Waals surface area contributed by atoms with Crippen molar-refractivity contribution < 1.29 is 40.7 Å². The number of ether oxygens (including phenoxy) is 1. The van der Waals surface area contributed by atoms with Crippen LogP contribution < -0.4 is 4.90 Å². The first-order valence-electron chi connectivity index (χ1n) is 12.9. The molecule has 0 aliphatic heterocycles. The summed E-state index contributed by atoms with van der Waals surface area (Å²) in [6.07, 6.45) is -6.93. The minimum atomic E-state index is -5.27. The number of thiophene rings is 1. The van der Waals surface area contributed by atoms with Crippen LogP contribution in [0.25, 0.3) is 27.3 Å². The standard InChI is InChI=1S/C30H22F6N4O3S/c1-16(2)40(27(41)20-10-9-19(29(31,32)33)13-21(20)30(34,35)36)23-15-24(44-26(23)28(42)43-3)18-7-5-17(6-8-18)22-14-25-37-11-4-12-39(25)38-22/h4-16H,1-3H3. The third-order valence-electron chi connectivity index (χ3n) is 6.66. The monoisotopic (exact) mass is 632 g/mol. The Balaban J connectivity index is 1.57. The minimum Gasteiger partial charge on any atom is -0.465 e. The van der Waals surface area contributed by atoms with Crippen molar-refractivity contribution in [3.63, 3.8) is 0 Å². The second-order valence-corrected chi connectivity index (χ2v) is 10.9. The van der Waals surface area contributed by atoms with Crippen LogP contribution in [0.1, 0.15) is 45.0 Å². The van der Waals surface area contributed by atoms with E-state index < -0.39 is 47.0 Å². The Bertz CT molecular complexity index is 1830. The van der Waals surface area contributed by atoms with E-state index in [1.54, 1.807) is 53.3 Å². The summed E-state index contributed by atoms with van der Waals surface area (Å²) in [5.74, 6) is -2.07. The van der Waals surface area contributed by atoms with Gasteiger partial charge in [-0.05, 0) is 49.7 Å². The average molecular weight is 633 g/mol. The van der Waals surface area contributed by atoms with Gasteiger partial charge in [-0.25, -0.2) is 14.3 Å². The molecule has 0 saturated carbocycles. The number of methoxy groups -OCH3 is 1. The number of carbonyl (C=O) groups is 2. The third kappa shape index (κ3) is 5.89. The summed E-state index contributed by atoms with van der Waals surface area (Å²) >= 11 is 0.956. The van der Waals surface area contributed by atoms with Crippen LogP contribution in [0.4, 0.5) is 32.0 Å². The second-order valence-electron chi connectivity index (χ2n) is 9.87. The third-order valence-corrected chi connectivity index (χ3v) is 7.82. The number of alkyl halides is 6. The van der Waals surface area contributed by atoms with Gasteiger partial charge in [0.1, 0.15) is 4.88 Å². The second kappa shape index (κ2) is 11.4. The summed E-state index contributed by atoms with van der Waals surface area (Å²) in [6.45, 7) is 3.01. The topological polar surface area (TPSA) is 76.8 Å². The van der Waals surface area contributed by atoms with Crippen LogP contribution >= 0.6 is 11.3 Å². The zero-order valence-corrected chi connectivity index (χ0v) is 24.0. The Morgan fingerprint density at radius 2 is 1.61 bits per heavy atom. The SMILES string of the molecule is COC(=O)c1sc(-c2ccc(-c3cc4ncccn4n3)cc2)cc1N(C(=O)c1ccc(C(F)(F)F)cc1C(F)(F)F)C(C)C. The molecule has 0 atom stereocenters. The quantitative estimate of drug-likeness (QED) is 0.140. The Labute approximate surface area is 250 Å². The van der Waals surface area contributed by atoms with Crippen molar-refractivity contribution in [1.82, 2.24) is 14.6 Å². The molecule has 14 heteroatoms. The Morgan fingerprint density at radius 3 is 2.20 bits per heavy atom. The van der Waals surface area contributed by atoms with Gasteiger partial charge in [-0.15, -0.1) is 11.3 Å². The van der Waals surface area contributed by atoms with E-state index in [2.05, 4.69) is 10.1 Å². The van der Waals surface area contributed by atoms with Gasteiger partial charge in [0.15, 0.2) is 5.65 Å². The first-order chi connectivity index (χ1) is 20.7. The maximum Gasteiger partial charge on any atom is 0.417 e. The predicted octanol–water partition coefficient (Wildman–Crippen LogP) is 8.00. The number of esters is 1. The fourth-order valence-electron chi connectivity index (χ4n) is 4.61. The van der Waals surface area contributed by atoms with E-state index >= 15 is 0 Å². The predicted molar refractivity (Wildman–Crippen MR) is 151 cm³/mol. The summed E-state index contributed by atoms with van der Waals surface area (Å²) in [4.78, 5) is 32.1. The maximum absolute atomic E-state index is 13.9. The normalized spacial score (nSPS) is 12.1. The molecule has 3 aromatic heterocycles. The van der Waals surface area contributed by atoms with Crippen LogP contribution in [0.2, 0.25) is 0 Å². The Hall–Kier alpha value is -4.72. The molecular weight excluding hydrogens is 610 g/mol. The molecule has 1 amide bonds. The maximum atomic E-state index is 13.9. The molecule has 5 aromatic rings. The van der Waals surface area contributed by atoms with Crippen molar-refractivity contribution in [2.24, 2.45) is 0 Å². The molecule has 0 spiro atoms. The zero-order valence-electron chi connectivity index (χ0n) is 23.2. The number of nitrogens with zero attached hydrogens (tertiary/aromatic N) is 4. The van der Waals surface area contributed by atoms with Crippen molar-refractivity contribution in [2.75, 3.05) is 12.0 Å². The number of carbonyl (C=O) groups excluding carboxylic acids is 2. The lowest BCUT2D eigenvalue weighted by atomic mass is 10.0. The molecule has 2 aromatic carbocycles. The molecule has 3 heterocycles. The smallest absolute Gasteiger partial charge is 0.417 e. The van der Waals surface area contributed by atoms with Gasteiger partial charge in [0.05, 0.1) is 35.2 Å². The molecule has 7 nitrogen and oxygen atoms in total. The lowest BCUT2D eigenvalue weighted by Crippen LogP contribution is -2.38. The Kier molecular flexibility index (Phi) is 7.97. The highest BCUT2D eigenvalue weighted by molar-refractivity contribution is 7.18. The number of anilines is 1. The van der Waals surface area contributed by atoms with Gasteiger partial charge >= 0.3 is 18.3 Å². The van der Waals surface area contributed by atoms with Gasteiger partial charge in [-0.1, -0.05) is 24.3 Å². The van der Waals surface area contributed by atoms with E-state index in [0.717, 1.165) is 28.9 Å². The summed E-state index contributed by atoms with van der Waals surface area (Å²) in [5, 5.41) is 4.48. The fraction of sp³-hybridized carbons (Fsp3) is 0.200. The van der Waals surface area contributed by atoms with Gasteiger partial charge in [0.2, 0.25) is 0 Å². The van der Waals surface area contributed by atoms with Gasteiger partial charge in [-0.3, -0.25) is 4.79 Å². The lowest BCUT2D eigenvalue weighted by Gasteiger charge is -2.28. The zero-order chi connectivity index (χ0) is 32.0. The van der Waals surface area contributed by atoms with E-state index in [4.69, 9.17) is 4.74 Å². The number of amides is 1. The number of hydrogen-bond donors (Lipinski definition) is 0. The lowest BCUT2D eigenvalue weighted by molar-refractivity contribution is -0.143. The minimum absolute atomic E-state index is 0.0413. The van der Waals surface area contributed by atoms with E-state index in [9.17, 15) is 35.9 Å². The van der Waals surface area contributed by atoms with Crippen LogP contribution in [0.3, 0.4) is 0 Å². The molecule has 0 saturated heterocycles. The highest BCUT2D eigenvalue weighted by atomic mass is 32.1. The molecular formula is C30H22F6N4O3S. The van der Waals surface area contributed by atoms with Crippen LogP contribution in [0.15, 0.2) is 73.1 Å². The van der Waals surface area contributed by atoms with Crippen LogP contribution in [-0.2, 0) is 17.1 Å². The van der Waals surface area contributed by atoms with Gasteiger partial charge in [-0.2, -0.15) is 31.4 Å². The highest BCUT2D eigenvalue weighted by Crippen LogP contribution is 2.42. The highest BCUT2D eigenvalue weighted by Gasteiger charge is 2.41. The van der Waals surface area contributed by atoms with Crippen molar-refractivity contribution in [3.8, 4) is 21.7 Å². The van der Waals surface area contributed by atoms with Gasteiger partial charge in [0.25, 0.3) is 5.91 Å². The molecule has 0 radical (unpaired) electrons. The first-order valence-corrected chi connectivity index (χ1v) is 13.8. The summed E-state index contributed by atoms with van der Waals surface area (Å²) in [5.41, 5.74) is -1.62. The number of benzene rings is 2. The van der Waals surface area contributed by atoms with Crippen LogP contribution in [0.5, 0.6) is 0 Å². The Morgan fingerprint density at radius 1 is 0.932 bits per heavy atom. The summed E-state index contributed by atoms with van der Waals surface area (Å²) < 4.78 is 88.0. The van der Waals surface area contributed by atoms with E-state index in [1.165, 1.54) is 19.9 Å². The number of rotatable bonds is 6. The van der Waals surface area contributed by atoms with E-state index in [-0.39, 0.29) is 16.6 Å². The molecule has 44 heavy (non-hydrogen) atoms. The van der Waals surface area contributed by atoms with Crippen LogP contribution in [0, 0.1) is 0 Å². The number of halogens is 6. The number of fused-ring (bicyclic) bond motifs is 1. The summed E-state index contributed by atoms with van der Waals surface area (Å²) in [6, 6.07) is 12.1. The summed E-state index contributed by atoms with van der Waals surface area (Å²) in [7, 11) is 1.11. The fourth-order valence-corrected chi connectivity index (χ4v) is 5.68. The van der Waals surface area contributed by atoms with Crippen molar-refractivity contribution in [2.45, 2.75) is 32.2 Å². The van der Waals surface area contributed by atoms with E-state index in [0.29, 0.717) is 33.9 Å². The molecule has 228 valence electrons. The van der Waals surface area contributed by atoms with Crippen molar-refractivity contribution in [1.29, 1.82) is 0 Å². The van der Waals surface area contributed by atoms with Crippen molar-refractivity contribution in [3.05, 3.63) is 94.6 Å². The van der Waals surface area contributed by atoms with Gasteiger partial charge < -0.3 is 9.64 Å². The molecule has 0 N–H and O–H groups in total. The van der Waals surface area contributed by atoms with Crippen molar-refractivity contribution >= 4 is 34.5 Å². The van der Waals surface area contributed by atoms with Gasteiger partial charge in [0, 0.05) is 34.9 Å². The molecule has 0 aliphatic rings. The molecule has 0 fully saturated rings. The van der Waals surface area contributed by atoms with E-state index in [1.807, 2.05) is 0 Å². The van der Waals surface area contributed by atoms with Crippen LogP contribution in [-0.4, -0.2) is 39.6 Å². The molecule has 5 rings (SSSR count). The molecule has 0 aliphatic carbocycles. The first kappa shape index (κ1) is 30.7. The largest absolute Gasteiger partial charge is 0.465 e. The molecule has 0 bridgehead atoms. The average Bonchev–Trinajstić information content (AvgIpc) is 3.60.